The minimum Gasteiger partial charge on any atom is -0.439 e. The molecule has 0 spiro atoms. The highest BCUT2D eigenvalue weighted by atomic mass is 16.3. The van der Waals surface area contributed by atoms with Crippen molar-refractivity contribution in [3.63, 3.8) is 0 Å². The van der Waals surface area contributed by atoms with Gasteiger partial charge in [0.05, 0.1) is 18.8 Å². The van der Waals surface area contributed by atoms with Crippen molar-refractivity contribution in [2.75, 3.05) is 19.3 Å². The summed E-state index contributed by atoms with van der Waals surface area (Å²) in [5.74, 6) is 0.616. The summed E-state index contributed by atoms with van der Waals surface area (Å²) in [6, 6.07) is 5.85. The maximum absolute atomic E-state index is 11.7. The van der Waals surface area contributed by atoms with Crippen LogP contribution in [0.2, 0.25) is 0 Å². The molecule has 0 bridgehead atoms. The smallest absolute Gasteiger partial charge is 0.234 e. The van der Waals surface area contributed by atoms with Gasteiger partial charge in [-0.15, -0.1) is 0 Å². The second kappa shape index (κ2) is 5.13. The minimum absolute atomic E-state index is 0.0469. The molecule has 0 unspecified atom stereocenters. The van der Waals surface area contributed by atoms with Gasteiger partial charge < -0.3 is 15.5 Å². The first-order valence-corrected chi connectivity index (χ1v) is 6.73. The van der Waals surface area contributed by atoms with E-state index < -0.39 is 0 Å². The van der Waals surface area contributed by atoms with Gasteiger partial charge in [0.2, 0.25) is 11.8 Å². The van der Waals surface area contributed by atoms with Crippen molar-refractivity contribution < 1.29 is 9.21 Å². The van der Waals surface area contributed by atoms with Gasteiger partial charge >= 0.3 is 0 Å². The van der Waals surface area contributed by atoms with E-state index in [1.807, 2.05) is 24.1 Å². The number of para-hydroxylation sites is 1. The summed E-state index contributed by atoms with van der Waals surface area (Å²) in [6.07, 6.45) is 2.19. The number of nitrogen functional groups attached to an aromatic ring is 1. The molecule has 0 saturated heterocycles. The van der Waals surface area contributed by atoms with Crippen molar-refractivity contribution >= 4 is 22.7 Å². The van der Waals surface area contributed by atoms with Crippen LogP contribution in [0.4, 0.5) is 5.69 Å². The summed E-state index contributed by atoms with van der Waals surface area (Å²) in [5.41, 5.74) is 7.80. The lowest BCUT2D eigenvalue weighted by Gasteiger charge is -2.13. The highest BCUT2D eigenvalue weighted by Gasteiger charge is 2.23. The molecule has 0 aliphatic heterocycles. The number of anilines is 1. The van der Waals surface area contributed by atoms with E-state index in [9.17, 15) is 4.79 Å². The van der Waals surface area contributed by atoms with E-state index in [-0.39, 0.29) is 5.91 Å². The Hall–Kier alpha value is -2.08. The highest BCUT2D eigenvalue weighted by molar-refractivity contribution is 5.85. The van der Waals surface area contributed by atoms with Crippen LogP contribution in [0, 0.1) is 0 Å². The predicted octanol–water partition coefficient (Wildman–Crippen LogP) is 1.12. The lowest BCUT2D eigenvalue weighted by Crippen LogP contribution is -2.35. The number of benzene rings is 1. The van der Waals surface area contributed by atoms with Gasteiger partial charge in [0.1, 0.15) is 5.52 Å². The standard InChI is InChI=1S/C14H18N4O2/c1-18(7-12(19)16-9-5-6-9)8-13-17-14-10(15)3-2-4-11(14)20-13/h2-4,9H,5-8,15H2,1H3,(H,16,19). The van der Waals surface area contributed by atoms with Gasteiger partial charge in [-0.1, -0.05) is 6.07 Å². The number of nitrogens with zero attached hydrogens (tertiary/aromatic N) is 2. The molecule has 0 atom stereocenters. The largest absolute Gasteiger partial charge is 0.439 e. The molecule has 1 aliphatic rings. The first-order chi connectivity index (χ1) is 9.61. The summed E-state index contributed by atoms with van der Waals surface area (Å²) in [6.45, 7) is 0.816. The Kier molecular flexibility index (Phi) is 3.31. The number of carbonyl (C=O) groups is 1. The normalized spacial score (nSPS) is 14.9. The van der Waals surface area contributed by atoms with E-state index in [0.29, 0.717) is 41.8 Å². The highest BCUT2D eigenvalue weighted by Crippen LogP contribution is 2.21. The van der Waals surface area contributed by atoms with Crippen LogP contribution in [0.25, 0.3) is 11.1 Å². The van der Waals surface area contributed by atoms with Crippen LogP contribution in [-0.2, 0) is 11.3 Å². The van der Waals surface area contributed by atoms with Gasteiger partial charge in [-0.25, -0.2) is 4.98 Å². The topological polar surface area (TPSA) is 84.4 Å². The van der Waals surface area contributed by atoms with Gasteiger partial charge in [0, 0.05) is 6.04 Å². The number of carbonyl (C=O) groups excluding carboxylic acids is 1. The number of nitrogens with two attached hydrogens (primary N) is 1. The Morgan fingerprint density at radius 3 is 3.05 bits per heavy atom. The zero-order valence-corrected chi connectivity index (χ0v) is 11.4. The van der Waals surface area contributed by atoms with E-state index in [1.165, 1.54) is 0 Å². The third-order valence-corrected chi connectivity index (χ3v) is 3.26. The number of nitrogens with one attached hydrogen (secondary N) is 1. The lowest BCUT2D eigenvalue weighted by atomic mass is 10.3. The summed E-state index contributed by atoms with van der Waals surface area (Å²) in [7, 11) is 1.87. The van der Waals surface area contributed by atoms with Crippen molar-refractivity contribution in [2.45, 2.75) is 25.4 Å². The number of hydrogen-bond acceptors (Lipinski definition) is 5. The van der Waals surface area contributed by atoms with Crippen molar-refractivity contribution in [1.82, 2.24) is 15.2 Å². The number of likely N-dealkylation sites (N-methyl/N-ethyl adjacent to an activating group) is 1. The molecular weight excluding hydrogens is 256 g/mol. The van der Waals surface area contributed by atoms with Crippen molar-refractivity contribution in [3.8, 4) is 0 Å². The first-order valence-electron chi connectivity index (χ1n) is 6.73. The molecule has 1 aliphatic carbocycles. The number of rotatable bonds is 5. The molecule has 6 heteroatoms. The molecule has 1 aromatic carbocycles. The fourth-order valence-electron chi connectivity index (χ4n) is 2.12. The summed E-state index contributed by atoms with van der Waals surface area (Å²) >= 11 is 0. The van der Waals surface area contributed by atoms with E-state index in [4.69, 9.17) is 10.2 Å². The van der Waals surface area contributed by atoms with Crippen molar-refractivity contribution in [2.24, 2.45) is 0 Å². The van der Waals surface area contributed by atoms with Crippen LogP contribution in [0.15, 0.2) is 22.6 Å². The second-order valence-corrected chi connectivity index (χ2v) is 5.32. The fourth-order valence-corrected chi connectivity index (χ4v) is 2.12. The van der Waals surface area contributed by atoms with Gasteiger partial charge in [-0.3, -0.25) is 9.69 Å². The third-order valence-electron chi connectivity index (χ3n) is 3.26. The summed E-state index contributed by atoms with van der Waals surface area (Å²) < 4.78 is 5.63. The van der Waals surface area contributed by atoms with Crippen LogP contribution < -0.4 is 11.1 Å². The SMILES string of the molecule is CN(CC(=O)NC1CC1)Cc1nc2c(N)cccc2o1. The quantitative estimate of drug-likeness (QED) is 0.798. The third kappa shape index (κ3) is 2.91. The van der Waals surface area contributed by atoms with E-state index in [2.05, 4.69) is 10.3 Å². The molecule has 3 N–H and O–H groups in total. The number of hydrogen-bond donors (Lipinski definition) is 2. The molecule has 1 fully saturated rings. The lowest BCUT2D eigenvalue weighted by molar-refractivity contribution is -0.122. The monoisotopic (exact) mass is 274 g/mol. The number of fused-ring (bicyclic) bond motifs is 1. The first kappa shape index (κ1) is 12.9. The molecular formula is C14H18N4O2. The zero-order valence-electron chi connectivity index (χ0n) is 11.4. The van der Waals surface area contributed by atoms with Crippen LogP contribution >= 0.6 is 0 Å². The Labute approximate surface area is 116 Å². The predicted molar refractivity (Wildman–Crippen MR) is 75.9 cm³/mol. The van der Waals surface area contributed by atoms with E-state index in [1.54, 1.807) is 6.07 Å². The summed E-state index contributed by atoms with van der Waals surface area (Å²) in [5, 5.41) is 2.95. The number of amides is 1. The maximum atomic E-state index is 11.7. The van der Waals surface area contributed by atoms with E-state index in [0.717, 1.165) is 12.8 Å². The molecule has 1 heterocycles. The van der Waals surface area contributed by atoms with Crippen molar-refractivity contribution in [3.05, 3.63) is 24.1 Å². The Bertz CT molecular complexity index is 633. The Morgan fingerprint density at radius 2 is 2.35 bits per heavy atom. The Balaban J connectivity index is 1.62. The molecule has 0 radical (unpaired) electrons. The maximum Gasteiger partial charge on any atom is 0.234 e. The number of aromatic nitrogens is 1. The Morgan fingerprint density at radius 1 is 1.55 bits per heavy atom. The van der Waals surface area contributed by atoms with Crippen molar-refractivity contribution in [1.29, 1.82) is 0 Å². The zero-order chi connectivity index (χ0) is 14.1. The van der Waals surface area contributed by atoms with Gasteiger partial charge in [-0.05, 0) is 32.0 Å². The van der Waals surface area contributed by atoms with E-state index >= 15 is 0 Å². The molecule has 1 saturated carbocycles. The molecule has 1 aromatic heterocycles. The average molecular weight is 274 g/mol. The van der Waals surface area contributed by atoms with Gasteiger partial charge in [0.25, 0.3) is 0 Å². The minimum atomic E-state index is 0.0469. The van der Waals surface area contributed by atoms with Crippen LogP contribution in [0.1, 0.15) is 18.7 Å². The van der Waals surface area contributed by atoms with Crippen LogP contribution in [0.5, 0.6) is 0 Å². The molecule has 106 valence electrons. The van der Waals surface area contributed by atoms with Gasteiger partial charge in [-0.2, -0.15) is 0 Å². The van der Waals surface area contributed by atoms with Crippen LogP contribution in [-0.4, -0.2) is 35.4 Å². The fraction of sp³-hybridized carbons (Fsp3) is 0.429. The molecule has 6 nitrogen and oxygen atoms in total. The molecule has 3 rings (SSSR count). The van der Waals surface area contributed by atoms with Gasteiger partial charge in [0.15, 0.2) is 5.58 Å². The summed E-state index contributed by atoms with van der Waals surface area (Å²) in [4.78, 5) is 17.9. The van der Waals surface area contributed by atoms with Crippen LogP contribution in [0.3, 0.4) is 0 Å². The molecule has 20 heavy (non-hydrogen) atoms. The second-order valence-electron chi connectivity index (χ2n) is 5.32. The molecule has 2 aromatic rings. The number of oxazole rings is 1. The molecule has 1 amide bonds. The average Bonchev–Trinajstić information content (AvgIpc) is 3.07.